The van der Waals surface area contributed by atoms with Crippen LogP contribution < -0.4 is 4.74 Å². The quantitative estimate of drug-likeness (QED) is 0.231. The Kier molecular flexibility index (Phi) is 7.39. The van der Waals surface area contributed by atoms with Crippen molar-refractivity contribution in [1.82, 2.24) is 9.88 Å². The summed E-state index contributed by atoms with van der Waals surface area (Å²) in [7, 11) is -1.76. The van der Waals surface area contributed by atoms with Gasteiger partial charge >= 0.3 is 0 Å². The largest absolute Gasteiger partial charge is 0.491 e. The van der Waals surface area contributed by atoms with Gasteiger partial charge in [0.15, 0.2) is 0 Å². The molecule has 0 radical (unpaired) electrons. The third kappa shape index (κ3) is 5.66. The molecule has 2 unspecified atom stereocenters. The summed E-state index contributed by atoms with van der Waals surface area (Å²) < 4.78 is 5.79. The molecular formula is C33H36N2O3Si. The molecule has 5 nitrogen and oxygen atoms in total. The van der Waals surface area contributed by atoms with Crippen LogP contribution in [0.3, 0.4) is 0 Å². The van der Waals surface area contributed by atoms with Crippen LogP contribution in [0.2, 0.25) is 19.6 Å². The molecule has 0 bridgehead atoms. The van der Waals surface area contributed by atoms with Gasteiger partial charge in [0.05, 0.1) is 24.8 Å². The van der Waals surface area contributed by atoms with Crippen molar-refractivity contribution >= 4 is 24.9 Å². The molecule has 3 aromatic carbocycles. The molecule has 0 aliphatic carbocycles. The van der Waals surface area contributed by atoms with Crippen LogP contribution in [0.15, 0.2) is 72.8 Å². The highest BCUT2D eigenvalue weighted by atomic mass is 28.3. The van der Waals surface area contributed by atoms with E-state index in [-0.39, 0.29) is 30.7 Å². The van der Waals surface area contributed by atoms with Gasteiger partial charge in [0.2, 0.25) is 0 Å². The average molecular weight is 537 g/mol. The Labute approximate surface area is 231 Å². The first-order valence-electron chi connectivity index (χ1n) is 13.6. The van der Waals surface area contributed by atoms with Gasteiger partial charge in [-0.15, -0.1) is 5.54 Å². The van der Waals surface area contributed by atoms with Crippen LogP contribution in [-0.2, 0) is 11.2 Å². The molecule has 2 heterocycles. The van der Waals surface area contributed by atoms with E-state index >= 15 is 0 Å². The first-order valence-corrected chi connectivity index (χ1v) is 17.1. The van der Waals surface area contributed by atoms with E-state index in [1.165, 1.54) is 0 Å². The molecule has 1 amide bonds. The SMILES string of the molecule is CC(C)Oc1ccc(-c2ccc(C3c4[nH]c5ccccc5c4CC(CO)N3C(=O)C#C[Si](C)(C)C)cc2)cc1. The minimum Gasteiger partial charge on any atom is -0.491 e. The molecule has 0 fully saturated rings. The summed E-state index contributed by atoms with van der Waals surface area (Å²) in [4.78, 5) is 19.1. The number of hydrogen-bond donors (Lipinski definition) is 2. The van der Waals surface area contributed by atoms with Crippen molar-refractivity contribution in [3.63, 3.8) is 0 Å². The van der Waals surface area contributed by atoms with Crippen LogP contribution in [-0.4, -0.2) is 47.7 Å². The Morgan fingerprint density at radius 1 is 1.03 bits per heavy atom. The molecule has 4 aromatic rings. The number of nitrogens with one attached hydrogen (secondary N) is 1. The molecule has 39 heavy (non-hydrogen) atoms. The minimum absolute atomic E-state index is 0.126. The van der Waals surface area contributed by atoms with E-state index in [9.17, 15) is 9.90 Å². The fraction of sp³-hybridized carbons (Fsp3) is 0.303. The number of ether oxygens (including phenoxy) is 1. The average Bonchev–Trinajstić information content (AvgIpc) is 3.29. The zero-order chi connectivity index (χ0) is 27.7. The van der Waals surface area contributed by atoms with Crippen LogP contribution in [0.25, 0.3) is 22.0 Å². The molecule has 2 N–H and O–H groups in total. The van der Waals surface area contributed by atoms with Crippen molar-refractivity contribution in [2.45, 2.75) is 58.1 Å². The molecular weight excluding hydrogens is 500 g/mol. The van der Waals surface area contributed by atoms with E-state index in [4.69, 9.17) is 4.74 Å². The second-order valence-electron chi connectivity index (χ2n) is 11.5. The standard InChI is InChI=1S/C33H36N2O3Si/c1-22(2)38-27-16-14-24(15-17-27)23-10-12-25(13-11-23)33-32-29(28-8-6-7-9-30(28)34-32)20-26(21-36)35(33)31(37)18-19-39(3,4)5/h6-17,22,26,33-34,36H,20-21H2,1-5H3. The van der Waals surface area contributed by atoms with E-state index in [0.29, 0.717) is 6.42 Å². The van der Waals surface area contributed by atoms with Gasteiger partial charge in [0.25, 0.3) is 5.91 Å². The Balaban J connectivity index is 1.57. The lowest BCUT2D eigenvalue weighted by Gasteiger charge is -2.40. The Morgan fingerprint density at radius 3 is 2.28 bits per heavy atom. The van der Waals surface area contributed by atoms with Crippen LogP contribution >= 0.6 is 0 Å². The summed E-state index contributed by atoms with van der Waals surface area (Å²) in [5.41, 5.74) is 9.56. The maximum Gasteiger partial charge on any atom is 0.299 e. The van der Waals surface area contributed by atoms with Crippen LogP contribution in [0, 0.1) is 11.5 Å². The number of hydrogen-bond acceptors (Lipinski definition) is 3. The van der Waals surface area contributed by atoms with Gasteiger partial charge in [0, 0.05) is 16.6 Å². The third-order valence-electron chi connectivity index (χ3n) is 7.01. The molecule has 0 saturated carbocycles. The van der Waals surface area contributed by atoms with Crippen molar-refractivity contribution in [3.05, 3.63) is 89.6 Å². The number of H-pyrrole nitrogens is 1. The highest BCUT2D eigenvalue weighted by molar-refractivity contribution is 6.84. The number of fused-ring (bicyclic) bond motifs is 3. The van der Waals surface area contributed by atoms with E-state index in [1.54, 1.807) is 4.90 Å². The number of amides is 1. The van der Waals surface area contributed by atoms with Crippen molar-refractivity contribution in [2.75, 3.05) is 6.61 Å². The fourth-order valence-electron chi connectivity index (χ4n) is 5.28. The monoisotopic (exact) mass is 536 g/mol. The number of aliphatic hydroxyl groups is 1. The van der Waals surface area contributed by atoms with E-state index in [2.05, 4.69) is 84.6 Å². The predicted octanol–water partition coefficient (Wildman–Crippen LogP) is 6.34. The number of carbonyl (C=O) groups excluding carboxylic acids is 1. The molecule has 5 rings (SSSR count). The summed E-state index contributed by atoms with van der Waals surface area (Å²) in [6, 6.07) is 23.9. The lowest BCUT2D eigenvalue weighted by atomic mass is 9.87. The highest BCUT2D eigenvalue weighted by Gasteiger charge is 2.39. The Morgan fingerprint density at radius 2 is 1.67 bits per heavy atom. The van der Waals surface area contributed by atoms with Crippen molar-refractivity contribution in [3.8, 4) is 28.3 Å². The first kappa shape index (κ1) is 26.8. The van der Waals surface area contributed by atoms with Crippen LogP contribution in [0.1, 0.15) is 36.7 Å². The van der Waals surface area contributed by atoms with Gasteiger partial charge in [-0.1, -0.05) is 74.2 Å². The topological polar surface area (TPSA) is 65.6 Å². The van der Waals surface area contributed by atoms with Gasteiger partial charge < -0.3 is 19.7 Å². The number of nitrogens with zero attached hydrogens (tertiary/aromatic N) is 1. The number of aliphatic hydroxyl groups excluding tert-OH is 1. The number of para-hydroxylation sites is 1. The maximum atomic E-state index is 13.7. The lowest BCUT2D eigenvalue weighted by molar-refractivity contribution is -0.131. The number of benzene rings is 3. The first-order chi connectivity index (χ1) is 18.6. The second-order valence-corrected chi connectivity index (χ2v) is 16.3. The summed E-state index contributed by atoms with van der Waals surface area (Å²) in [5.74, 6) is 3.55. The molecule has 0 saturated heterocycles. The summed E-state index contributed by atoms with van der Waals surface area (Å²) in [5, 5.41) is 11.6. The fourth-order valence-corrected chi connectivity index (χ4v) is 5.76. The van der Waals surface area contributed by atoms with Gasteiger partial charge in [0.1, 0.15) is 13.8 Å². The Hall–Kier alpha value is -3.79. The van der Waals surface area contributed by atoms with Crippen molar-refractivity contribution < 1.29 is 14.6 Å². The van der Waals surface area contributed by atoms with Crippen LogP contribution in [0.5, 0.6) is 5.75 Å². The van der Waals surface area contributed by atoms with E-state index in [1.807, 2.05) is 38.1 Å². The molecule has 1 aliphatic rings. The second kappa shape index (κ2) is 10.8. The molecule has 6 heteroatoms. The van der Waals surface area contributed by atoms with Crippen molar-refractivity contribution in [1.29, 1.82) is 0 Å². The zero-order valence-corrected chi connectivity index (χ0v) is 24.3. The predicted molar refractivity (Wildman–Crippen MR) is 160 cm³/mol. The summed E-state index contributed by atoms with van der Waals surface area (Å²) >= 11 is 0. The maximum absolute atomic E-state index is 13.7. The lowest BCUT2D eigenvalue weighted by Crippen LogP contribution is -2.49. The van der Waals surface area contributed by atoms with Crippen LogP contribution in [0.4, 0.5) is 0 Å². The molecule has 1 aliphatic heterocycles. The zero-order valence-electron chi connectivity index (χ0n) is 23.3. The molecule has 1 aromatic heterocycles. The summed E-state index contributed by atoms with van der Waals surface area (Å²) in [6.07, 6.45) is 0.708. The van der Waals surface area contributed by atoms with Crippen molar-refractivity contribution in [2.24, 2.45) is 0 Å². The number of rotatable bonds is 5. The van der Waals surface area contributed by atoms with E-state index in [0.717, 1.165) is 44.6 Å². The minimum atomic E-state index is -1.76. The van der Waals surface area contributed by atoms with E-state index < -0.39 is 8.07 Å². The van der Waals surface area contributed by atoms with Gasteiger partial charge in [-0.3, -0.25) is 4.79 Å². The normalized spacial score (nSPS) is 17.1. The molecule has 2 atom stereocenters. The smallest absolute Gasteiger partial charge is 0.299 e. The van der Waals surface area contributed by atoms with Gasteiger partial charge in [-0.05, 0) is 66.6 Å². The Bertz CT molecular complexity index is 1540. The summed E-state index contributed by atoms with van der Waals surface area (Å²) in [6.45, 7) is 10.3. The number of aromatic amines is 1. The number of aromatic nitrogens is 1. The number of carbonyl (C=O) groups is 1. The van der Waals surface area contributed by atoms with Gasteiger partial charge in [-0.25, -0.2) is 0 Å². The third-order valence-corrected chi connectivity index (χ3v) is 7.88. The molecule has 200 valence electrons. The molecule has 0 spiro atoms. The van der Waals surface area contributed by atoms with Gasteiger partial charge in [-0.2, -0.15) is 0 Å². The highest BCUT2D eigenvalue weighted by Crippen LogP contribution is 2.41.